The fraction of sp³-hybridized carbons (Fsp3) is 0.750. The molecule has 4 nitrogen and oxygen atoms in total. The highest BCUT2D eigenvalue weighted by Crippen LogP contribution is 2.54. The minimum Gasteiger partial charge on any atom is -0.370 e. The lowest BCUT2D eigenvalue weighted by atomic mass is 9.73. The molecule has 4 aliphatic rings. The van der Waals surface area contributed by atoms with E-state index in [-0.39, 0.29) is 17.4 Å². The van der Waals surface area contributed by atoms with Crippen LogP contribution >= 0.6 is 11.3 Å². The molecule has 1 amide bonds. The summed E-state index contributed by atoms with van der Waals surface area (Å²) in [6.45, 7) is 6.23. The molecule has 136 valence electrons. The number of hydrogen-bond acceptors (Lipinski definition) is 4. The van der Waals surface area contributed by atoms with Gasteiger partial charge in [0.2, 0.25) is 5.91 Å². The molecule has 4 atom stereocenters. The Balaban J connectivity index is 1.23. The van der Waals surface area contributed by atoms with Crippen molar-refractivity contribution in [1.29, 1.82) is 0 Å². The van der Waals surface area contributed by atoms with Gasteiger partial charge in [-0.25, -0.2) is 0 Å². The first-order chi connectivity index (χ1) is 12.1. The summed E-state index contributed by atoms with van der Waals surface area (Å²) in [5.41, 5.74) is 0.0723. The molecule has 0 unspecified atom stereocenters. The van der Waals surface area contributed by atoms with Gasteiger partial charge in [-0.3, -0.25) is 9.69 Å². The molecule has 4 fully saturated rings. The van der Waals surface area contributed by atoms with Crippen LogP contribution in [0.4, 0.5) is 0 Å². The second-order valence-corrected chi connectivity index (χ2v) is 9.96. The van der Waals surface area contributed by atoms with Crippen molar-refractivity contribution in [3.05, 3.63) is 21.9 Å². The molecule has 1 aromatic rings. The molecule has 2 bridgehead atoms. The van der Waals surface area contributed by atoms with E-state index >= 15 is 0 Å². The summed E-state index contributed by atoms with van der Waals surface area (Å²) >= 11 is 1.91. The summed E-state index contributed by atoms with van der Waals surface area (Å²) in [6, 6.07) is 4.48. The molecule has 3 saturated heterocycles. The highest BCUT2D eigenvalue weighted by atomic mass is 32.1. The number of hydrogen-bond donors (Lipinski definition) is 1. The van der Waals surface area contributed by atoms with Crippen molar-refractivity contribution in [1.82, 2.24) is 10.2 Å². The Morgan fingerprint density at radius 1 is 1.40 bits per heavy atom. The Kier molecular flexibility index (Phi) is 3.95. The molecule has 1 spiro atoms. The van der Waals surface area contributed by atoms with Gasteiger partial charge in [0.1, 0.15) is 0 Å². The Morgan fingerprint density at radius 3 is 3.00 bits per heavy atom. The van der Waals surface area contributed by atoms with E-state index in [0.29, 0.717) is 17.9 Å². The van der Waals surface area contributed by atoms with Crippen LogP contribution in [0.3, 0.4) is 0 Å². The van der Waals surface area contributed by atoms with E-state index in [2.05, 4.69) is 29.3 Å². The van der Waals surface area contributed by atoms with Crippen LogP contribution in [0.25, 0.3) is 0 Å². The number of likely N-dealkylation sites (tertiary alicyclic amines) is 1. The largest absolute Gasteiger partial charge is 0.370 e. The van der Waals surface area contributed by atoms with Crippen molar-refractivity contribution in [3.63, 3.8) is 0 Å². The minimum atomic E-state index is 0.0723. The number of amides is 1. The predicted octanol–water partition coefficient (Wildman–Crippen LogP) is 2.95. The molecule has 5 heteroatoms. The SMILES string of the molecule is Cc1ccc(CN2C[C@@H]3[C@H](CNC(=O)C4CCC4)[C@H]4CC[C@]3(C2)O4)s1. The summed E-state index contributed by atoms with van der Waals surface area (Å²) in [4.78, 5) is 17.7. The Morgan fingerprint density at radius 2 is 2.28 bits per heavy atom. The van der Waals surface area contributed by atoms with E-state index in [1.165, 1.54) is 29.0 Å². The highest BCUT2D eigenvalue weighted by molar-refractivity contribution is 7.11. The lowest BCUT2D eigenvalue weighted by Gasteiger charge is -2.31. The lowest BCUT2D eigenvalue weighted by molar-refractivity contribution is -0.127. The standard InChI is InChI=1S/C20H28N2O2S/c1-13-5-6-15(25-13)10-22-11-17-16(9-21-19(23)14-3-2-4-14)18-7-8-20(17,12-22)24-18/h5-6,14,16-18H,2-4,7-12H2,1H3,(H,21,23)/t16-,17+,18+,20+/m0/s1. The number of nitrogens with one attached hydrogen (secondary N) is 1. The second kappa shape index (κ2) is 6.07. The van der Waals surface area contributed by atoms with Crippen molar-refractivity contribution < 1.29 is 9.53 Å². The molecule has 25 heavy (non-hydrogen) atoms. The molecule has 0 aromatic carbocycles. The molecule has 0 radical (unpaired) electrons. The number of fused-ring (bicyclic) bond motifs is 1. The zero-order valence-electron chi connectivity index (χ0n) is 15.0. The molecule has 4 heterocycles. The van der Waals surface area contributed by atoms with Crippen molar-refractivity contribution >= 4 is 17.2 Å². The van der Waals surface area contributed by atoms with Gasteiger partial charge < -0.3 is 10.1 Å². The summed E-state index contributed by atoms with van der Waals surface area (Å²) < 4.78 is 6.51. The Hall–Kier alpha value is -0.910. The van der Waals surface area contributed by atoms with Crippen LogP contribution in [0, 0.1) is 24.7 Å². The Bertz CT molecular complexity index is 670. The third-order valence-electron chi connectivity index (χ3n) is 7.02. The van der Waals surface area contributed by atoms with Gasteiger partial charge in [0.05, 0.1) is 11.7 Å². The van der Waals surface area contributed by atoms with Gasteiger partial charge in [-0.2, -0.15) is 0 Å². The van der Waals surface area contributed by atoms with Gasteiger partial charge in [-0.15, -0.1) is 11.3 Å². The monoisotopic (exact) mass is 360 g/mol. The van der Waals surface area contributed by atoms with E-state index in [9.17, 15) is 4.79 Å². The van der Waals surface area contributed by atoms with E-state index in [1.807, 2.05) is 11.3 Å². The summed E-state index contributed by atoms with van der Waals surface area (Å²) in [6.07, 6.45) is 6.13. The molecule has 3 aliphatic heterocycles. The molecule has 1 saturated carbocycles. The third kappa shape index (κ3) is 2.75. The fourth-order valence-corrected chi connectivity index (χ4v) is 6.44. The molecular formula is C20H28N2O2S. The molecule has 1 N–H and O–H groups in total. The average Bonchev–Trinajstić information content (AvgIpc) is 3.24. The van der Waals surface area contributed by atoms with Crippen molar-refractivity contribution in [2.75, 3.05) is 19.6 Å². The van der Waals surface area contributed by atoms with Crippen LogP contribution in [0.5, 0.6) is 0 Å². The molecule has 5 rings (SSSR count). The van der Waals surface area contributed by atoms with Crippen LogP contribution < -0.4 is 5.32 Å². The van der Waals surface area contributed by atoms with E-state index in [4.69, 9.17) is 4.74 Å². The maximum atomic E-state index is 12.2. The second-order valence-electron chi connectivity index (χ2n) is 8.59. The number of thiophene rings is 1. The quantitative estimate of drug-likeness (QED) is 0.878. The first-order valence-corrected chi connectivity index (χ1v) is 10.7. The fourth-order valence-electron chi connectivity index (χ4n) is 5.50. The van der Waals surface area contributed by atoms with Crippen molar-refractivity contribution in [2.45, 2.75) is 57.3 Å². The maximum absolute atomic E-state index is 12.2. The zero-order valence-corrected chi connectivity index (χ0v) is 15.8. The van der Waals surface area contributed by atoms with Crippen LogP contribution in [0.2, 0.25) is 0 Å². The van der Waals surface area contributed by atoms with Crippen LogP contribution in [-0.4, -0.2) is 42.1 Å². The van der Waals surface area contributed by atoms with Crippen molar-refractivity contribution in [2.24, 2.45) is 17.8 Å². The van der Waals surface area contributed by atoms with E-state index < -0.39 is 0 Å². The molecule has 1 aromatic heterocycles. The summed E-state index contributed by atoms with van der Waals surface area (Å²) in [7, 11) is 0. The average molecular weight is 361 g/mol. The first kappa shape index (κ1) is 16.3. The van der Waals surface area contributed by atoms with Gasteiger partial charge in [-0.1, -0.05) is 6.42 Å². The number of nitrogens with zero attached hydrogens (tertiary/aromatic N) is 1. The van der Waals surface area contributed by atoms with Gasteiger partial charge in [-0.05, 0) is 44.7 Å². The molecule has 1 aliphatic carbocycles. The van der Waals surface area contributed by atoms with Crippen LogP contribution in [0.15, 0.2) is 12.1 Å². The summed E-state index contributed by atoms with van der Waals surface area (Å²) in [5.74, 6) is 1.67. The number of carbonyl (C=O) groups excluding carboxylic acids is 1. The van der Waals surface area contributed by atoms with E-state index in [0.717, 1.165) is 39.0 Å². The summed E-state index contributed by atoms with van der Waals surface area (Å²) in [5, 5.41) is 3.25. The van der Waals surface area contributed by atoms with Gasteiger partial charge >= 0.3 is 0 Å². The lowest BCUT2D eigenvalue weighted by Crippen LogP contribution is -2.44. The normalized spacial score (nSPS) is 37.2. The number of carbonyl (C=O) groups is 1. The van der Waals surface area contributed by atoms with Gasteiger partial charge in [0, 0.05) is 53.7 Å². The number of aryl methyl sites for hydroxylation is 1. The van der Waals surface area contributed by atoms with Crippen molar-refractivity contribution in [3.8, 4) is 0 Å². The smallest absolute Gasteiger partial charge is 0.223 e. The zero-order chi connectivity index (χ0) is 17.0. The van der Waals surface area contributed by atoms with Crippen LogP contribution in [0.1, 0.15) is 41.9 Å². The third-order valence-corrected chi connectivity index (χ3v) is 8.00. The minimum absolute atomic E-state index is 0.0723. The molecular weight excluding hydrogens is 332 g/mol. The van der Waals surface area contributed by atoms with Gasteiger partial charge in [0.25, 0.3) is 0 Å². The predicted molar refractivity (Wildman–Crippen MR) is 98.5 cm³/mol. The van der Waals surface area contributed by atoms with E-state index in [1.54, 1.807) is 0 Å². The van der Waals surface area contributed by atoms with Crippen LogP contribution in [-0.2, 0) is 16.1 Å². The number of rotatable bonds is 5. The first-order valence-electron chi connectivity index (χ1n) is 9.86. The Labute approximate surface area is 153 Å². The van der Waals surface area contributed by atoms with Gasteiger partial charge in [0.15, 0.2) is 0 Å². The highest BCUT2D eigenvalue weighted by Gasteiger charge is 2.62. The number of ether oxygens (including phenoxy) is 1. The topological polar surface area (TPSA) is 41.6 Å². The maximum Gasteiger partial charge on any atom is 0.223 e.